The number of nitrogens with zero attached hydrogens (tertiary/aromatic N) is 3. The van der Waals surface area contributed by atoms with Gasteiger partial charge in [-0.2, -0.15) is 4.37 Å². The topological polar surface area (TPSA) is 45.7 Å². The molecule has 9 heteroatoms. The van der Waals surface area contributed by atoms with Crippen molar-refractivity contribution in [2.75, 3.05) is 31.1 Å². The Kier molecular flexibility index (Phi) is 4.17. The fourth-order valence-electron chi connectivity index (χ4n) is 3.53. The summed E-state index contributed by atoms with van der Waals surface area (Å²) in [6.45, 7) is 8.61. The number of carbonyl (C=O) groups excluding carboxylic acids is 1. The SMILES string of the molecule is CC(C)(C)OC(=O)N1CC2(C1)CN(c1snc3c(F)c(Br)c(Cl)cc13)C2. The fraction of sp³-hybridized carbons (Fsp3) is 0.529. The molecule has 140 valence electrons. The summed E-state index contributed by atoms with van der Waals surface area (Å²) in [6.07, 6.45) is -0.261. The zero-order valence-electron chi connectivity index (χ0n) is 14.6. The quantitative estimate of drug-likeness (QED) is 0.565. The zero-order valence-corrected chi connectivity index (χ0v) is 17.8. The van der Waals surface area contributed by atoms with Gasteiger partial charge in [-0.3, -0.25) is 0 Å². The number of aromatic nitrogens is 1. The first kappa shape index (κ1) is 18.3. The molecule has 0 atom stereocenters. The van der Waals surface area contributed by atoms with Crippen molar-refractivity contribution in [2.24, 2.45) is 5.41 Å². The van der Waals surface area contributed by atoms with Gasteiger partial charge in [0.25, 0.3) is 0 Å². The first-order chi connectivity index (χ1) is 12.1. The highest BCUT2D eigenvalue weighted by molar-refractivity contribution is 9.10. The lowest BCUT2D eigenvalue weighted by Crippen LogP contribution is -2.73. The van der Waals surface area contributed by atoms with Crippen LogP contribution in [0.5, 0.6) is 0 Å². The van der Waals surface area contributed by atoms with Gasteiger partial charge in [0.05, 0.1) is 9.50 Å². The second-order valence-electron chi connectivity index (χ2n) is 8.06. The van der Waals surface area contributed by atoms with E-state index >= 15 is 0 Å². The lowest BCUT2D eigenvalue weighted by molar-refractivity contribution is -0.0450. The normalized spacial score (nSPS) is 18.8. The zero-order chi connectivity index (χ0) is 18.9. The van der Waals surface area contributed by atoms with Crippen LogP contribution in [0.15, 0.2) is 10.5 Å². The van der Waals surface area contributed by atoms with Crippen LogP contribution in [0.4, 0.5) is 14.2 Å². The summed E-state index contributed by atoms with van der Waals surface area (Å²) >= 11 is 10.5. The average molecular weight is 463 g/mol. The van der Waals surface area contributed by atoms with Crippen LogP contribution in [-0.2, 0) is 4.74 Å². The van der Waals surface area contributed by atoms with E-state index in [1.165, 1.54) is 11.5 Å². The number of fused-ring (bicyclic) bond motifs is 1. The van der Waals surface area contributed by atoms with Crippen LogP contribution < -0.4 is 4.90 Å². The number of halogens is 3. The predicted octanol–water partition coefficient (Wildman–Crippen LogP) is 4.91. The van der Waals surface area contributed by atoms with E-state index in [0.29, 0.717) is 23.6 Å². The summed E-state index contributed by atoms with van der Waals surface area (Å²) in [5, 5.41) is 2.00. The minimum absolute atomic E-state index is 0.102. The minimum Gasteiger partial charge on any atom is -0.444 e. The molecule has 2 fully saturated rings. The molecule has 0 aliphatic carbocycles. The molecule has 0 N–H and O–H groups in total. The van der Waals surface area contributed by atoms with Gasteiger partial charge in [-0.1, -0.05) is 11.6 Å². The predicted molar refractivity (Wildman–Crippen MR) is 105 cm³/mol. The van der Waals surface area contributed by atoms with E-state index in [2.05, 4.69) is 25.2 Å². The molecule has 26 heavy (non-hydrogen) atoms. The molecule has 5 nitrogen and oxygen atoms in total. The monoisotopic (exact) mass is 461 g/mol. The van der Waals surface area contributed by atoms with Crippen LogP contribution in [0, 0.1) is 11.2 Å². The molecule has 0 bridgehead atoms. The van der Waals surface area contributed by atoms with E-state index in [1.807, 2.05) is 20.8 Å². The Labute approximate surface area is 168 Å². The maximum atomic E-state index is 14.3. The number of benzene rings is 1. The van der Waals surface area contributed by atoms with Crippen LogP contribution in [0.25, 0.3) is 10.9 Å². The molecule has 0 saturated carbocycles. The Hall–Kier alpha value is -1.12. The molecular weight excluding hydrogens is 445 g/mol. The maximum Gasteiger partial charge on any atom is 0.410 e. The van der Waals surface area contributed by atoms with Crippen molar-refractivity contribution in [3.63, 3.8) is 0 Å². The number of ether oxygens (including phenoxy) is 1. The van der Waals surface area contributed by atoms with Gasteiger partial charge < -0.3 is 14.5 Å². The molecule has 4 rings (SSSR count). The molecule has 2 saturated heterocycles. The summed E-state index contributed by atoms with van der Waals surface area (Å²) in [7, 11) is 0. The molecule has 2 aliphatic rings. The van der Waals surface area contributed by atoms with Gasteiger partial charge >= 0.3 is 6.09 Å². The summed E-state index contributed by atoms with van der Waals surface area (Å²) in [5.41, 5.74) is -0.0403. The van der Waals surface area contributed by atoms with E-state index in [0.717, 1.165) is 23.5 Å². The van der Waals surface area contributed by atoms with Gasteiger partial charge in [0.2, 0.25) is 0 Å². The summed E-state index contributed by atoms with van der Waals surface area (Å²) in [4.78, 5) is 16.0. The fourth-order valence-corrected chi connectivity index (χ4v) is 4.88. The van der Waals surface area contributed by atoms with E-state index in [-0.39, 0.29) is 16.0 Å². The number of amides is 1. The first-order valence-corrected chi connectivity index (χ1v) is 10.2. The van der Waals surface area contributed by atoms with Crippen molar-refractivity contribution in [1.82, 2.24) is 9.27 Å². The lowest BCUT2D eigenvalue weighted by Gasteiger charge is -2.60. The number of carbonyl (C=O) groups is 1. The van der Waals surface area contributed by atoms with Gasteiger partial charge in [0, 0.05) is 37.0 Å². The number of anilines is 1. The molecule has 1 aromatic heterocycles. The number of hydrogen-bond donors (Lipinski definition) is 0. The van der Waals surface area contributed by atoms with Gasteiger partial charge in [-0.25, -0.2) is 9.18 Å². The Morgan fingerprint density at radius 3 is 2.65 bits per heavy atom. The lowest BCUT2D eigenvalue weighted by atomic mass is 9.73. The van der Waals surface area contributed by atoms with Crippen LogP contribution in [-0.4, -0.2) is 47.1 Å². The highest BCUT2D eigenvalue weighted by Crippen LogP contribution is 2.47. The molecule has 2 aliphatic heterocycles. The third-order valence-corrected chi connectivity index (χ3v) is 6.86. The molecule has 0 radical (unpaired) electrons. The Morgan fingerprint density at radius 1 is 1.38 bits per heavy atom. The third-order valence-electron chi connectivity index (χ3n) is 4.63. The van der Waals surface area contributed by atoms with Crippen molar-refractivity contribution in [2.45, 2.75) is 26.4 Å². The summed E-state index contributed by atoms with van der Waals surface area (Å²) in [5.74, 6) is -0.426. The Morgan fingerprint density at radius 2 is 2.04 bits per heavy atom. The van der Waals surface area contributed by atoms with Crippen molar-refractivity contribution in [3.05, 3.63) is 21.4 Å². The Balaban J connectivity index is 1.44. The van der Waals surface area contributed by atoms with Crippen LogP contribution in [0.3, 0.4) is 0 Å². The van der Waals surface area contributed by atoms with Crippen LogP contribution >= 0.6 is 39.1 Å². The van der Waals surface area contributed by atoms with Crippen LogP contribution in [0.2, 0.25) is 5.02 Å². The van der Waals surface area contributed by atoms with Crippen LogP contribution in [0.1, 0.15) is 20.8 Å². The van der Waals surface area contributed by atoms with Gasteiger partial charge in [-0.05, 0) is 54.3 Å². The van der Waals surface area contributed by atoms with Gasteiger partial charge in [0.1, 0.15) is 16.1 Å². The highest BCUT2D eigenvalue weighted by atomic mass is 79.9. The third kappa shape index (κ3) is 2.96. The van der Waals surface area contributed by atoms with E-state index in [9.17, 15) is 9.18 Å². The number of rotatable bonds is 1. The number of likely N-dealkylation sites (tertiary alicyclic amines) is 1. The van der Waals surface area contributed by atoms with Gasteiger partial charge in [0.15, 0.2) is 5.82 Å². The van der Waals surface area contributed by atoms with Gasteiger partial charge in [-0.15, -0.1) is 0 Å². The van der Waals surface area contributed by atoms with Crippen molar-refractivity contribution in [3.8, 4) is 0 Å². The largest absolute Gasteiger partial charge is 0.444 e. The van der Waals surface area contributed by atoms with E-state index in [1.54, 1.807) is 11.0 Å². The molecule has 1 aromatic carbocycles. The highest BCUT2D eigenvalue weighted by Gasteiger charge is 2.54. The Bertz CT molecular complexity index is 900. The van der Waals surface area contributed by atoms with E-state index in [4.69, 9.17) is 16.3 Å². The van der Waals surface area contributed by atoms with Crippen molar-refractivity contribution >= 4 is 61.1 Å². The van der Waals surface area contributed by atoms with Crippen molar-refractivity contribution in [1.29, 1.82) is 0 Å². The molecule has 3 heterocycles. The maximum absolute atomic E-state index is 14.3. The number of hydrogen-bond acceptors (Lipinski definition) is 5. The molecule has 2 aromatic rings. The molecular formula is C17H18BrClFN3O2S. The molecule has 1 spiro atoms. The van der Waals surface area contributed by atoms with E-state index < -0.39 is 11.4 Å². The molecule has 1 amide bonds. The summed E-state index contributed by atoms with van der Waals surface area (Å²) in [6, 6.07) is 1.75. The minimum atomic E-state index is -0.481. The second-order valence-corrected chi connectivity index (χ2v) is 10.0. The molecule has 0 unspecified atom stereocenters. The summed E-state index contributed by atoms with van der Waals surface area (Å²) < 4.78 is 24.2. The second kappa shape index (κ2) is 5.94. The first-order valence-electron chi connectivity index (χ1n) is 8.24. The smallest absolute Gasteiger partial charge is 0.410 e. The van der Waals surface area contributed by atoms with Crippen molar-refractivity contribution < 1.29 is 13.9 Å². The standard InChI is InChI=1S/C17H18BrClFN3O2S/c1-16(2,3)25-15(24)23-7-17(8-23)5-22(6-17)14-9-4-10(19)11(18)12(20)13(9)21-26-14/h4H,5-8H2,1-3H3. The average Bonchev–Trinajstić information content (AvgIpc) is 2.84.